The summed E-state index contributed by atoms with van der Waals surface area (Å²) >= 11 is 1.52. The second kappa shape index (κ2) is 10.9. The normalized spacial score (nSPS) is 11.2. The Balaban J connectivity index is 1.27. The number of nitrogens with zero attached hydrogens (tertiary/aromatic N) is 4. The van der Waals surface area contributed by atoms with E-state index in [4.69, 9.17) is 15.7 Å². The van der Waals surface area contributed by atoms with Crippen molar-refractivity contribution in [2.45, 2.75) is 6.92 Å². The Labute approximate surface area is 225 Å². The van der Waals surface area contributed by atoms with Gasteiger partial charge < -0.3 is 26.6 Å². The number of carbonyl (C=O) groups is 1. The van der Waals surface area contributed by atoms with Gasteiger partial charge >= 0.3 is 0 Å². The molecule has 0 saturated carbocycles. The predicted molar refractivity (Wildman–Crippen MR) is 157 cm³/mol. The molecule has 38 heavy (non-hydrogen) atoms. The zero-order chi connectivity index (χ0) is 26.6. The fourth-order valence-corrected chi connectivity index (χ4v) is 4.79. The molecule has 0 saturated heterocycles. The number of nitrogens with one attached hydrogen (secondary N) is 3. The first-order valence-corrected chi connectivity index (χ1v) is 13.1. The lowest BCUT2D eigenvalue weighted by Crippen LogP contribution is -2.20. The van der Waals surface area contributed by atoms with Gasteiger partial charge in [0.2, 0.25) is 0 Å². The summed E-state index contributed by atoms with van der Waals surface area (Å²) in [5.41, 5.74) is 13.1. The van der Waals surface area contributed by atoms with Gasteiger partial charge in [0.05, 0.1) is 22.8 Å². The standard InChI is InChI=1S/C28H30N8OS/c1-18-26(36-14-12-21(16-25(36)31-18)30-13-15-35(2)3)24-17-38-28(34-24)32-20-10-8-19(9-11-20)27(37)33-23-7-5-4-6-22(23)29/h4-12,14,16-17,30H,13,15,29H2,1-3H3,(H,32,34)(H,33,37). The lowest BCUT2D eigenvalue weighted by molar-refractivity contribution is 0.102. The molecule has 0 fully saturated rings. The number of aryl methyl sites for hydroxylation is 1. The Hall–Kier alpha value is -4.41. The highest BCUT2D eigenvalue weighted by molar-refractivity contribution is 7.14. The number of pyridine rings is 1. The molecule has 5 N–H and O–H groups in total. The van der Waals surface area contributed by atoms with Gasteiger partial charge in [-0.2, -0.15) is 0 Å². The van der Waals surface area contributed by atoms with Gasteiger partial charge in [-0.05, 0) is 63.5 Å². The number of nitrogens with two attached hydrogens (primary N) is 1. The number of anilines is 5. The molecule has 0 bridgehead atoms. The number of aromatic nitrogens is 3. The molecule has 2 aromatic carbocycles. The summed E-state index contributed by atoms with van der Waals surface area (Å²) in [4.78, 5) is 24.3. The minimum atomic E-state index is -0.217. The molecule has 10 heteroatoms. The number of nitrogen functional groups attached to an aromatic ring is 1. The minimum absolute atomic E-state index is 0.217. The molecular formula is C28H30N8OS. The largest absolute Gasteiger partial charge is 0.397 e. The lowest BCUT2D eigenvalue weighted by atomic mass is 10.2. The van der Waals surface area contributed by atoms with Gasteiger partial charge in [-0.3, -0.25) is 9.20 Å². The van der Waals surface area contributed by atoms with Crippen LogP contribution in [0.25, 0.3) is 17.0 Å². The highest BCUT2D eigenvalue weighted by Crippen LogP contribution is 2.30. The fraction of sp³-hybridized carbons (Fsp3) is 0.179. The molecule has 5 aromatic rings. The molecule has 0 aliphatic heterocycles. The Kier molecular flexibility index (Phi) is 7.25. The van der Waals surface area contributed by atoms with E-state index in [2.05, 4.69) is 51.5 Å². The van der Waals surface area contributed by atoms with Crippen LogP contribution in [0.5, 0.6) is 0 Å². The molecule has 9 nitrogen and oxygen atoms in total. The first-order chi connectivity index (χ1) is 18.4. The van der Waals surface area contributed by atoms with Crippen molar-refractivity contribution in [1.29, 1.82) is 0 Å². The van der Waals surface area contributed by atoms with Crippen molar-refractivity contribution in [2.75, 3.05) is 48.9 Å². The highest BCUT2D eigenvalue weighted by atomic mass is 32.1. The van der Waals surface area contributed by atoms with Crippen LogP contribution in [-0.2, 0) is 0 Å². The Morgan fingerprint density at radius 1 is 1.05 bits per heavy atom. The number of hydrogen-bond acceptors (Lipinski definition) is 8. The predicted octanol–water partition coefficient (Wildman–Crippen LogP) is 5.32. The number of para-hydroxylation sites is 2. The van der Waals surface area contributed by atoms with E-state index in [0.717, 1.165) is 52.3 Å². The second-order valence-corrected chi connectivity index (χ2v) is 10.1. The number of likely N-dealkylation sites (N-methyl/N-ethyl adjacent to an activating group) is 1. The van der Waals surface area contributed by atoms with Crippen molar-refractivity contribution in [3.05, 3.63) is 83.5 Å². The van der Waals surface area contributed by atoms with E-state index < -0.39 is 0 Å². The van der Waals surface area contributed by atoms with Crippen molar-refractivity contribution in [2.24, 2.45) is 0 Å². The van der Waals surface area contributed by atoms with Gasteiger partial charge in [0.25, 0.3) is 5.91 Å². The number of benzene rings is 2. The number of carbonyl (C=O) groups excluding carboxylic acids is 1. The number of hydrogen-bond donors (Lipinski definition) is 4. The number of rotatable bonds is 9. The molecule has 3 aromatic heterocycles. The molecule has 5 rings (SSSR count). The van der Waals surface area contributed by atoms with E-state index in [1.165, 1.54) is 11.3 Å². The molecule has 0 spiro atoms. The molecular weight excluding hydrogens is 496 g/mol. The van der Waals surface area contributed by atoms with Crippen LogP contribution in [0.4, 0.5) is 27.9 Å². The van der Waals surface area contributed by atoms with Crippen LogP contribution >= 0.6 is 11.3 Å². The van der Waals surface area contributed by atoms with Gasteiger partial charge in [-0.25, -0.2) is 9.97 Å². The molecule has 3 heterocycles. The SMILES string of the molecule is Cc1nc2cc(NCCN(C)C)ccn2c1-c1csc(Nc2ccc(C(=O)Nc3ccccc3N)cc2)n1. The zero-order valence-corrected chi connectivity index (χ0v) is 22.3. The molecule has 0 aliphatic carbocycles. The maximum Gasteiger partial charge on any atom is 0.255 e. The van der Waals surface area contributed by atoms with E-state index in [-0.39, 0.29) is 5.91 Å². The van der Waals surface area contributed by atoms with Gasteiger partial charge in [-0.1, -0.05) is 12.1 Å². The monoisotopic (exact) mass is 526 g/mol. The smallest absolute Gasteiger partial charge is 0.255 e. The van der Waals surface area contributed by atoms with Crippen LogP contribution in [0, 0.1) is 6.92 Å². The Morgan fingerprint density at radius 3 is 2.61 bits per heavy atom. The average molecular weight is 527 g/mol. The summed E-state index contributed by atoms with van der Waals surface area (Å²) in [5.74, 6) is -0.217. The summed E-state index contributed by atoms with van der Waals surface area (Å²) in [6.07, 6.45) is 2.03. The summed E-state index contributed by atoms with van der Waals surface area (Å²) in [7, 11) is 4.12. The van der Waals surface area contributed by atoms with Crippen molar-refractivity contribution in [1.82, 2.24) is 19.3 Å². The van der Waals surface area contributed by atoms with Crippen LogP contribution in [0.15, 0.2) is 72.2 Å². The Bertz CT molecular complexity index is 1570. The quantitative estimate of drug-likeness (QED) is 0.192. The van der Waals surface area contributed by atoms with Crippen molar-refractivity contribution >= 4 is 50.8 Å². The second-order valence-electron chi connectivity index (χ2n) is 9.20. The topological polar surface area (TPSA) is 113 Å². The highest BCUT2D eigenvalue weighted by Gasteiger charge is 2.15. The van der Waals surface area contributed by atoms with E-state index in [1.54, 1.807) is 24.3 Å². The van der Waals surface area contributed by atoms with Crippen molar-refractivity contribution in [3.63, 3.8) is 0 Å². The molecule has 0 aliphatic rings. The van der Waals surface area contributed by atoms with E-state index in [9.17, 15) is 4.79 Å². The van der Waals surface area contributed by atoms with Crippen molar-refractivity contribution < 1.29 is 4.79 Å². The van der Waals surface area contributed by atoms with Crippen LogP contribution in [0.2, 0.25) is 0 Å². The fourth-order valence-electron chi connectivity index (χ4n) is 4.08. The van der Waals surface area contributed by atoms with E-state index >= 15 is 0 Å². The van der Waals surface area contributed by atoms with Crippen LogP contribution in [0.1, 0.15) is 16.1 Å². The average Bonchev–Trinajstić information content (AvgIpc) is 3.48. The van der Waals surface area contributed by atoms with Gasteiger partial charge in [0.1, 0.15) is 11.3 Å². The maximum atomic E-state index is 12.6. The summed E-state index contributed by atoms with van der Waals surface area (Å²) in [6, 6.07) is 18.5. The summed E-state index contributed by atoms with van der Waals surface area (Å²) in [5, 5.41) is 12.4. The van der Waals surface area contributed by atoms with E-state index in [1.807, 2.05) is 42.8 Å². The first-order valence-electron chi connectivity index (χ1n) is 12.2. The van der Waals surface area contributed by atoms with Crippen molar-refractivity contribution in [3.8, 4) is 11.4 Å². The summed E-state index contributed by atoms with van der Waals surface area (Å²) in [6.45, 7) is 3.82. The third kappa shape index (κ3) is 5.61. The number of fused-ring (bicyclic) bond motifs is 1. The maximum absolute atomic E-state index is 12.6. The first kappa shape index (κ1) is 25.2. The molecule has 1 amide bonds. The number of thiazole rings is 1. The van der Waals surface area contributed by atoms with Gasteiger partial charge in [-0.15, -0.1) is 11.3 Å². The van der Waals surface area contributed by atoms with E-state index in [0.29, 0.717) is 16.9 Å². The summed E-state index contributed by atoms with van der Waals surface area (Å²) < 4.78 is 2.07. The lowest BCUT2D eigenvalue weighted by Gasteiger charge is -2.11. The number of imidazole rings is 1. The third-order valence-electron chi connectivity index (χ3n) is 6.04. The van der Waals surface area contributed by atoms with Crippen LogP contribution in [-0.4, -0.2) is 52.4 Å². The Morgan fingerprint density at radius 2 is 1.84 bits per heavy atom. The van der Waals surface area contributed by atoms with Gasteiger partial charge in [0.15, 0.2) is 5.13 Å². The molecule has 0 atom stereocenters. The number of amides is 1. The molecule has 0 unspecified atom stereocenters. The van der Waals surface area contributed by atoms with Gasteiger partial charge in [0, 0.05) is 47.7 Å². The third-order valence-corrected chi connectivity index (χ3v) is 6.80. The van der Waals surface area contributed by atoms with Crippen LogP contribution in [0.3, 0.4) is 0 Å². The zero-order valence-electron chi connectivity index (χ0n) is 21.5. The molecule has 0 radical (unpaired) electrons. The minimum Gasteiger partial charge on any atom is -0.397 e. The van der Waals surface area contributed by atoms with Crippen LogP contribution < -0.4 is 21.7 Å². The molecule has 194 valence electrons.